The largest absolute Gasteiger partial charge is 0.493 e. The second-order valence-corrected chi connectivity index (χ2v) is 5.65. The summed E-state index contributed by atoms with van der Waals surface area (Å²) in [6, 6.07) is 3.09. The van der Waals surface area contributed by atoms with Gasteiger partial charge >= 0.3 is 5.97 Å². The summed E-state index contributed by atoms with van der Waals surface area (Å²) in [5.41, 5.74) is 0.613. The Balaban J connectivity index is 2.23. The highest BCUT2D eigenvalue weighted by molar-refractivity contribution is 6.02. The number of nitrogens with one attached hydrogen (secondary N) is 1. The summed E-state index contributed by atoms with van der Waals surface area (Å²) in [5, 5.41) is 2.80. The average Bonchev–Trinajstić information content (AvgIpc) is 3.06. The zero-order chi connectivity index (χ0) is 16.8. The lowest BCUT2D eigenvalue weighted by Gasteiger charge is -2.15. The third-order valence-electron chi connectivity index (χ3n) is 4.15. The van der Waals surface area contributed by atoms with Crippen LogP contribution >= 0.6 is 0 Å². The van der Waals surface area contributed by atoms with Crippen molar-refractivity contribution >= 4 is 17.6 Å². The Morgan fingerprint density at radius 1 is 1.09 bits per heavy atom. The fourth-order valence-corrected chi connectivity index (χ4v) is 2.94. The van der Waals surface area contributed by atoms with Gasteiger partial charge < -0.3 is 19.5 Å². The number of amides is 1. The van der Waals surface area contributed by atoms with Crippen LogP contribution in [0.5, 0.6) is 11.5 Å². The van der Waals surface area contributed by atoms with E-state index in [0.717, 1.165) is 12.8 Å². The van der Waals surface area contributed by atoms with Gasteiger partial charge in [-0.25, -0.2) is 4.79 Å². The van der Waals surface area contributed by atoms with E-state index in [1.807, 2.05) is 0 Å². The standard InChI is InChI=1S/C17H23NO5/c1-21-14-9-12(17(20)23-3)13(10-15(14)22-2)18-16(19)8-11-6-4-5-7-11/h9-11H,4-8H2,1-3H3,(H,18,19). The second-order valence-electron chi connectivity index (χ2n) is 5.65. The zero-order valence-electron chi connectivity index (χ0n) is 13.8. The van der Waals surface area contributed by atoms with Crippen molar-refractivity contribution < 1.29 is 23.8 Å². The molecule has 1 amide bonds. The molecule has 23 heavy (non-hydrogen) atoms. The van der Waals surface area contributed by atoms with E-state index in [2.05, 4.69) is 5.32 Å². The van der Waals surface area contributed by atoms with Crippen LogP contribution in [-0.2, 0) is 9.53 Å². The Bertz CT molecular complexity index is 579. The van der Waals surface area contributed by atoms with E-state index in [0.29, 0.717) is 29.5 Å². The first-order chi connectivity index (χ1) is 11.1. The van der Waals surface area contributed by atoms with Crippen molar-refractivity contribution in [3.63, 3.8) is 0 Å². The summed E-state index contributed by atoms with van der Waals surface area (Å²) in [6.07, 6.45) is 5.00. The third-order valence-corrected chi connectivity index (χ3v) is 4.15. The van der Waals surface area contributed by atoms with E-state index in [4.69, 9.17) is 14.2 Å². The maximum atomic E-state index is 12.3. The van der Waals surface area contributed by atoms with Gasteiger partial charge in [-0.3, -0.25) is 4.79 Å². The first-order valence-electron chi connectivity index (χ1n) is 7.73. The van der Waals surface area contributed by atoms with Crippen LogP contribution in [0.3, 0.4) is 0 Å². The predicted octanol–water partition coefficient (Wildman–Crippen LogP) is 3.01. The minimum Gasteiger partial charge on any atom is -0.493 e. The monoisotopic (exact) mass is 321 g/mol. The summed E-state index contributed by atoms with van der Waals surface area (Å²) in [5.74, 6) is 0.631. The molecule has 0 bridgehead atoms. The van der Waals surface area contributed by atoms with Crippen LogP contribution < -0.4 is 14.8 Å². The van der Waals surface area contributed by atoms with Crippen LogP contribution in [0.2, 0.25) is 0 Å². The number of hydrogen-bond acceptors (Lipinski definition) is 5. The highest BCUT2D eigenvalue weighted by atomic mass is 16.5. The van der Waals surface area contributed by atoms with Crippen LogP contribution in [-0.4, -0.2) is 33.2 Å². The van der Waals surface area contributed by atoms with Gasteiger partial charge in [0.2, 0.25) is 5.91 Å². The molecule has 1 aromatic rings. The first-order valence-corrected chi connectivity index (χ1v) is 7.73. The lowest BCUT2D eigenvalue weighted by Crippen LogP contribution is -2.18. The summed E-state index contributed by atoms with van der Waals surface area (Å²) < 4.78 is 15.2. The van der Waals surface area contributed by atoms with Crippen molar-refractivity contribution in [1.82, 2.24) is 0 Å². The van der Waals surface area contributed by atoms with Crippen LogP contribution in [0.15, 0.2) is 12.1 Å². The summed E-state index contributed by atoms with van der Waals surface area (Å²) >= 11 is 0. The molecule has 1 aromatic carbocycles. The Kier molecular flexibility index (Phi) is 5.84. The van der Waals surface area contributed by atoms with Crippen molar-refractivity contribution in [2.75, 3.05) is 26.6 Å². The van der Waals surface area contributed by atoms with Gasteiger partial charge in [0.15, 0.2) is 11.5 Å². The molecular weight excluding hydrogens is 298 g/mol. The number of hydrogen-bond donors (Lipinski definition) is 1. The molecule has 1 saturated carbocycles. The fraction of sp³-hybridized carbons (Fsp3) is 0.529. The normalized spacial score (nSPS) is 14.4. The topological polar surface area (TPSA) is 73.9 Å². The third kappa shape index (κ3) is 4.15. The molecule has 1 N–H and O–H groups in total. The number of benzene rings is 1. The van der Waals surface area contributed by atoms with E-state index in [9.17, 15) is 9.59 Å². The molecule has 0 radical (unpaired) electrons. The SMILES string of the molecule is COC(=O)c1cc(OC)c(OC)cc1NC(=O)CC1CCCC1. The van der Waals surface area contributed by atoms with E-state index >= 15 is 0 Å². The molecule has 0 aromatic heterocycles. The lowest BCUT2D eigenvalue weighted by molar-refractivity contribution is -0.117. The van der Waals surface area contributed by atoms with Crippen LogP contribution in [0.4, 0.5) is 5.69 Å². The van der Waals surface area contributed by atoms with Gasteiger partial charge in [-0.05, 0) is 18.8 Å². The molecule has 0 unspecified atom stereocenters. The molecule has 1 aliphatic carbocycles. The van der Waals surface area contributed by atoms with Gasteiger partial charge in [0.05, 0.1) is 32.6 Å². The van der Waals surface area contributed by atoms with Gasteiger partial charge in [0, 0.05) is 18.6 Å². The predicted molar refractivity (Wildman–Crippen MR) is 86.1 cm³/mol. The quantitative estimate of drug-likeness (QED) is 0.815. The van der Waals surface area contributed by atoms with Gasteiger partial charge in [-0.15, -0.1) is 0 Å². The summed E-state index contributed by atoms with van der Waals surface area (Å²) in [7, 11) is 4.28. The first kappa shape index (κ1) is 17.1. The minimum absolute atomic E-state index is 0.103. The Hall–Kier alpha value is -2.24. The lowest BCUT2D eigenvalue weighted by atomic mass is 10.0. The Morgan fingerprint density at radius 3 is 2.26 bits per heavy atom. The van der Waals surface area contributed by atoms with Crippen molar-refractivity contribution in [3.8, 4) is 11.5 Å². The number of anilines is 1. The van der Waals surface area contributed by atoms with Crippen molar-refractivity contribution in [2.24, 2.45) is 5.92 Å². The molecular formula is C17H23NO5. The number of esters is 1. The highest BCUT2D eigenvalue weighted by Crippen LogP contribution is 2.34. The molecule has 1 aliphatic rings. The highest BCUT2D eigenvalue weighted by Gasteiger charge is 2.22. The Labute approximate surface area is 136 Å². The van der Waals surface area contributed by atoms with E-state index in [1.165, 1.54) is 40.2 Å². The number of carbonyl (C=O) groups is 2. The van der Waals surface area contributed by atoms with E-state index in [1.54, 1.807) is 6.07 Å². The maximum Gasteiger partial charge on any atom is 0.340 e. The molecule has 0 saturated heterocycles. The molecule has 0 spiro atoms. The van der Waals surface area contributed by atoms with Gasteiger partial charge in [0.25, 0.3) is 0 Å². The van der Waals surface area contributed by atoms with Crippen molar-refractivity contribution in [3.05, 3.63) is 17.7 Å². The van der Waals surface area contributed by atoms with Gasteiger partial charge in [-0.2, -0.15) is 0 Å². The minimum atomic E-state index is -0.540. The van der Waals surface area contributed by atoms with Gasteiger partial charge in [0.1, 0.15) is 0 Å². The average molecular weight is 321 g/mol. The van der Waals surface area contributed by atoms with Crippen LogP contribution in [0.1, 0.15) is 42.5 Å². The molecule has 6 heteroatoms. The smallest absolute Gasteiger partial charge is 0.340 e. The molecule has 6 nitrogen and oxygen atoms in total. The molecule has 0 heterocycles. The van der Waals surface area contributed by atoms with Crippen LogP contribution in [0, 0.1) is 5.92 Å². The maximum absolute atomic E-state index is 12.3. The van der Waals surface area contributed by atoms with E-state index in [-0.39, 0.29) is 11.5 Å². The summed E-state index contributed by atoms with van der Waals surface area (Å²) in [4.78, 5) is 24.2. The van der Waals surface area contributed by atoms with Crippen LogP contribution in [0.25, 0.3) is 0 Å². The van der Waals surface area contributed by atoms with Crippen molar-refractivity contribution in [2.45, 2.75) is 32.1 Å². The fourth-order valence-electron chi connectivity index (χ4n) is 2.94. The molecule has 126 valence electrons. The zero-order valence-corrected chi connectivity index (χ0v) is 13.8. The molecule has 1 fully saturated rings. The molecule has 2 rings (SSSR count). The Morgan fingerprint density at radius 2 is 1.70 bits per heavy atom. The number of carbonyl (C=O) groups excluding carboxylic acids is 2. The molecule has 0 aliphatic heterocycles. The number of ether oxygens (including phenoxy) is 3. The van der Waals surface area contributed by atoms with Crippen molar-refractivity contribution in [1.29, 1.82) is 0 Å². The van der Waals surface area contributed by atoms with E-state index < -0.39 is 5.97 Å². The number of methoxy groups -OCH3 is 3. The van der Waals surface area contributed by atoms with Gasteiger partial charge in [-0.1, -0.05) is 12.8 Å². The summed E-state index contributed by atoms with van der Waals surface area (Å²) in [6.45, 7) is 0. The second kappa shape index (κ2) is 7.85. The molecule has 0 atom stereocenters. The number of rotatable bonds is 6.